The van der Waals surface area contributed by atoms with Gasteiger partial charge < -0.3 is 4.90 Å². The minimum absolute atomic E-state index is 0.0219. The molecule has 0 aliphatic heterocycles. The lowest BCUT2D eigenvalue weighted by Crippen LogP contribution is -2.15. The summed E-state index contributed by atoms with van der Waals surface area (Å²) in [6, 6.07) is 48.7. The highest BCUT2D eigenvalue weighted by Gasteiger charge is 2.35. The maximum absolute atomic E-state index is 14.9. The van der Waals surface area contributed by atoms with E-state index in [4.69, 9.17) is 0 Å². The number of anilines is 3. The lowest BCUT2D eigenvalue weighted by molar-refractivity contribution is -0.138. The molecule has 0 atom stereocenters. The van der Waals surface area contributed by atoms with Gasteiger partial charge in [0, 0.05) is 40.5 Å². The molecule has 280 valence electrons. The molecule has 0 saturated carbocycles. The van der Waals surface area contributed by atoms with Gasteiger partial charge in [0.2, 0.25) is 0 Å². The molecule has 0 saturated heterocycles. The summed E-state index contributed by atoms with van der Waals surface area (Å²) in [4.78, 5) is 10.4. The SMILES string of the molecule is FC(F)(F)c1cc(-c2cc(-c3ccccc3)ccn2)cc(N(c2cc(-c3cc(-c4ccccc4)ccn3)cc(C(F)(F)F)c2)c2ccccc2-c2ccccc2)c1. The van der Waals surface area contributed by atoms with Crippen molar-refractivity contribution in [3.05, 3.63) is 199 Å². The highest BCUT2D eigenvalue weighted by molar-refractivity contribution is 5.90. The summed E-state index contributed by atoms with van der Waals surface area (Å²) in [6.45, 7) is 0. The first-order chi connectivity index (χ1) is 27.5. The predicted octanol–water partition coefficient (Wildman–Crippen LogP) is 14.3. The average molecular weight is 764 g/mol. The Morgan fingerprint density at radius 2 is 0.754 bits per heavy atom. The molecule has 0 amide bonds. The van der Waals surface area contributed by atoms with Crippen LogP contribution in [0.5, 0.6) is 0 Å². The van der Waals surface area contributed by atoms with E-state index < -0.39 is 23.5 Å². The Labute approximate surface area is 325 Å². The molecule has 8 rings (SSSR count). The lowest BCUT2D eigenvalue weighted by atomic mass is 9.97. The number of para-hydroxylation sites is 1. The van der Waals surface area contributed by atoms with Crippen molar-refractivity contribution in [2.75, 3.05) is 4.90 Å². The topological polar surface area (TPSA) is 29.0 Å². The fourth-order valence-corrected chi connectivity index (χ4v) is 6.86. The van der Waals surface area contributed by atoms with E-state index in [-0.39, 0.29) is 33.9 Å². The molecule has 8 aromatic rings. The fraction of sp³-hybridized carbons (Fsp3) is 0.0417. The van der Waals surface area contributed by atoms with E-state index in [1.165, 1.54) is 29.4 Å². The van der Waals surface area contributed by atoms with Gasteiger partial charge in [0.05, 0.1) is 28.2 Å². The number of nitrogens with zero attached hydrogens (tertiary/aromatic N) is 3. The summed E-state index contributed by atoms with van der Waals surface area (Å²) in [7, 11) is 0. The maximum Gasteiger partial charge on any atom is 0.416 e. The highest BCUT2D eigenvalue weighted by Crippen LogP contribution is 2.46. The van der Waals surface area contributed by atoms with Crippen molar-refractivity contribution in [1.29, 1.82) is 0 Å². The number of aromatic nitrogens is 2. The van der Waals surface area contributed by atoms with Crippen LogP contribution in [-0.4, -0.2) is 9.97 Å². The number of benzene rings is 6. The summed E-state index contributed by atoms with van der Waals surface area (Å²) in [5.74, 6) is 0. The Hall–Kier alpha value is -7.00. The summed E-state index contributed by atoms with van der Waals surface area (Å²) in [5, 5.41) is 0. The maximum atomic E-state index is 14.9. The summed E-state index contributed by atoms with van der Waals surface area (Å²) < 4.78 is 89.4. The van der Waals surface area contributed by atoms with Crippen molar-refractivity contribution in [2.45, 2.75) is 12.4 Å². The van der Waals surface area contributed by atoms with Crippen LogP contribution in [0.15, 0.2) is 188 Å². The molecule has 3 nitrogen and oxygen atoms in total. The number of halogens is 6. The highest BCUT2D eigenvalue weighted by atomic mass is 19.4. The Bertz CT molecular complexity index is 2520. The molecule has 6 aromatic carbocycles. The molecule has 0 aliphatic rings. The van der Waals surface area contributed by atoms with Crippen LogP contribution >= 0.6 is 0 Å². The summed E-state index contributed by atoms with van der Waals surface area (Å²) >= 11 is 0. The molecule has 0 unspecified atom stereocenters. The molecule has 2 heterocycles. The monoisotopic (exact) mass is 763 g/mol. The van der Waals surface area contributed by atoms with Crippen LogP contribution < -0.4 is 4.90 Å². The Morgan fingerprint density at radius 1 is 0.351 bits per heavy atom. The third-order valence-electron chi connectivity index (χ3n) is 9.56. The number of hydrogen-bond acceptors (Lipinski definition) is 3. The standard InChI is InChI=1S/C48H31F6N3/c49-47(50,51)39-24-37(44-28-35(20-22-55-44)32-12-4-1-5-13-32)26-41(30-39)57(46-19-11-10-18-43(46)34-16-8-3-9-17-34)42-27-38(25-40(31-42)48(52,53)54)45-29-36(21-23-56-45)33-14-6-2-7-15-33/h1-31H. The second kappa shape index (κ2) is 15.3. The lowest BCUT2D eigenvalue weighted by Gasteiger charge is -2.30. The second-order valence-electron chi connectivity index (χ2n) is 13.3. The molecule has 0 bridgehead atoms. The van der Waals surface area contributed by atoms with Crippen LogP contribution in [0.2, 0.25) is 0 Å². The van der Waals surface area contributed by atoms with E-state index in [1.807, 2.05) is 91.0 Å². The van der Waals surface area contributed by atoms with Crippen molar-refractivity contribution in [3.8, 4) is 55.9 Å². The first-order valence-electron chi connectivity index (χ1n) is 17.9. The van der Waals surface area contributed by atoms with Gasteiger partial charge in [-0.25, -0.2) is 0 Å². The van der Waals surface area contributed by atoms with Gasteiger partial charge in [0.25, 0.3) is 0 Å². The van der Waals surface area contributed by atoms with E-state index in [2.05, 4.69) is 9.97 Å². The molecular weight excluding hydrogens is 733 g/mol. The van der Waals surface area contributed by atoms with Crippen molar-refractivity contribution in [3.63, 3.8) is 0 Å². The van der Waals surface area contributed by atoms with Gasteiger partial charge in [-0.15, -0.1) is 0 Å². The molecule has 0 radical (unpaired) electrons. The second-order valence-corrected chi connectivity index (χ2v) is 13.3. The van der Waals surface area contributed by atoms with Gasteiger partial charge in [-0.2, -0.15) is 26.3 Å². The number of rotatable bonds is 8. The number of pyridine rings is 2. The van der Waals surface area contributed by atoms with Crippen LogP contribution in [0.4, 0.5) is 43.4 Å². The molecule has 9 heteroatoms. The molecule has 0 fully saturated rings. The van der Waals surface area contributed by atoms with Crippen molar-refractivity contribution < 1.29 is 26.3 Å². The van der Waals surface area contributed by atoms with E-state index in [9.17, 15) is 26.3 Å². The van der Waals surface area contributed by atoms with E-state index in [1.54, 1.807) is 48.5 Å². The summed E-state index contributed by atoms with van der Waals surface area (Å²) in [6.07, 6.45) is -6.58. The zero-order valence-corrected chi connectivity index (χ0v) is 30.0. The molecular formula is C48H31F6N3. The zero-order valence-electron chi connectivity index (χ0n) is 30.0. The predicted molar refractivity (Wildman–Crippen MR) is 214 cm³/mol. The third-order valence-corrected chi connectivity index (χ3v) is 9.56. The van der Waals surface area contributed by atoms with Gasteiger partial charge in [-0.3, -0.25) is 9.97 Å². The van der Waals surface area contributed by atoms with E-state index in [0.717, 1.165) is 46.5 Å². The van der Waals surface area contributed by atoms with Gasteiger partial charge in [-0.05, 0) is 94.5 Å². The zero-order chi connectivity index (χ0) is 39.6. The Morgan fingerprint density at radius 3 is 1.19 bits per heavy atom. The van der Waals surface area contributed by atoms with Crippen LogP contribution in [0.3, 0.4) is 0 Å². The van der Waals surface area contributed by atoms with Crippen molar-refractivity contribution in [1.82, 2.24) is 9.97 Å². The largest absolute Gasteiger partial charge is 0.416 e. The summed E-state index contributed by atoms with van der Waals surface area (Å²) in [5.41, 5.74) is 3.55. The smallest absolute Gasteiger partial charge is 0.310 e. The third kappa shape index (κ3) is 8.04. The normalized spacial score (nSPS) is 11.7. The first-order valence-corrected chi connectivity index (χ1v) is 17.9. The van der Waals surface area contributed by atoms with Crippen LogP contribution in [0.1, 0.15) is 11.1 Å². The fourth-order valence-electron chi connectivity index (χ4n) is 6.86. The first kappa shape index (κ1) is 36.9. The Balaban J connectivity index is 1.39. The van der Waals surface area contributed by atoms with Crippen LogP contribution in [0, 0.1) is 0 Å². The van der Waals surface area contributed by atoms with Gasteiger partial charge in [0.15, 0.2) is 0 Å². The van der Waals surface area contributed by atoms with Gasteiger partial charge in [-0.1, -0.05) is 109 Å². The Kier molecular flexibility index (Phi) is 9.90. The van der Waals surface area contributed by atoms with E-state index in [0.29, 0.717) is 16.8 Å². The quantitative estimate of drug-likeness (QED) is 0.144. The molecule has 0 spiro atoms. The minimum atomic E-state index is -4.81. The molecule has 0 aliphatic carbocycles. The van der Waals surface area contributed by atoms with Gasteiger partial charge in [0.1, 0.15) is 0 Å². The van der Waals surface area contributed by atoms with Crippen LogP contribution in [0.25, 0.3) is 55.9 Å². The van der Waals surface area contributed by atoms with Gasteiger partial charge >= 0.3 is 12.4 Å². The molecule has 57 heavy (non-hydrogen) atoms. The average Bonchev–Trinajstić information content (AvgIpc) is 3.24. The van der Waals surface area contributed by atoms with Crippen LogP contribution in [-0.2, 0) is 12.4 Å². The number of hydrogen-bond donors (Lipinski definition) is 0. The van der Waals surface area contributed by atoms with E-state index >= 15 is 0 Å². The minimum Gasteiger partial charge on any atom is -0.310 e. The molecule has 0 N–H and O–H groups in total. The molecule has 2 aromatic heterocycles. The van der Waals surface area contributed by atoms with Crippen molar-refractivity contribution in [2.24, 2.45) is 0 Å². The number of alkyl halides is 6. The van der Waals surface area contributed by atoms with Crippen molar-refractivity contribution >= 4 is 17.1 Å².